The Balaban J connectivity index is 1.85. The fourth-order valence-electron chi connectivity index (χ4n) is 2.34. The molecular weight excluding hydrogens is 214 g/mol. The van der Waals surface area contributed by atoms with Crippen LogP contribution in [0.15, 0.2) is 24.5 Å². The molecule has 1 fully saturated rings. The van der Waals surface area contributed by atoms with Crippen LogP contribution in [0.4, 0.5) is 0 Å². The Kier molecular flexibility index (Phi) is 2.82. The van der Waals surface area contributed by atoms with Crippen LogP contribution in [0.5, 0.6) is 0 Å². The standard InChI is InChI=1S/C13H17N3O/c14-8-10-3-4-16-9-11(15-13(16)6-10)7-12-2-1-5-17-12/h3-4,6,9,12H,1-2,5,7-8,14H2. The van der Waals surface area contributed by atoms with Crippen molar-refractivity contribution in [2.75, 3.05) is 6.61 Å². The lowest BCUT2D eigenvalue weighted by Crippen LogP contribution is -2.08. The van der Waals surface area contributed by atoms with Crippen LogP contribution in [-0.4, -0.2) is 22.1 Å². The number of ether oxygens (including phenoxy) is 1. The van der Waals surface area contributed by atoms with E-state index in [0.29, 0.717) is 12.6 Å². The van der Waals surface area contributed by atoms with Crippen LogP contribution in [0.3, 0.4) is 0 Å². The van der Waals surface area contributed by atoms with Gasteiger partial charge in [-0.2, -0.15) is 0 Å². The molecule has 17 heavy (non-hydrogen) atoms. The van der Waals surface area contributed by atoms with Gasteiger partial charge in [-0.25, -0.2) is 4.98 Å². The van der Waals surface area contributed by atoms with E-state index in [-0.39, 0.29) is 0 Å². The van der Waals surface area contributed by atoms with Gasteiger partial charge in [-0.3, -0.25) is 0 Å². The molecule has 1 unspecified atom stereocenters. The second kappa shape index (κ2) is 4.47. The largest absolute Gasteiger partial charge is 0.378 e. The van der Waals surface area contributed by atoms with Crippen molar-refractivity contribution in [1.82, 2.24) is 9.38 Å². The van der Waals surface area contributed by atoms with Crippen molar-refractivity contribution in [2.45, 2.75) is 31.9 Å². The van der Waals surface area contributed by atoms with Gasteiger partial charge in [-0.15, -0.1) is 0 Å². The molecule has 4 heteroatoms. The second-order valence-corrected chi connectivity index (χ2v) is 4.58. The zero-order chi connectivity index (χ0) is 11.7. The summed E-state index contributed by atoms with van der Waals surface area (Å²) in [4.78, 5) is 4.61. The molecule has 1 aliphatic heterocycles. The first-order chi connectivity index (χ1) is 8.35. The Bertz CT molecular complexity index is 514. The number of aromatic nitrogens is 2. The summed E-state index contributed by atoms with van der Waals surface area (Å²) in [6.45, 7) is 1.46. The maximum absolute atomic E-state index is 5.63. The summed E-state index contributed by atoms with van der Waals surface area (Å²) in [7, 11) is 0. The van der Waals surface area contributed by atoms with Gasteiger partial charge in [-0.05, 0) is 30.5 Å². The molecule has 3 rings (SSSR count). The highest BCUT2D eigenvalue weighted by Crippen LogP contribution is 2.17. The molecule has 0 spiro atoms. The third kappa shape index (κ3) is 2.18. The number of imidazole rings is 1. The molecule has 0 saturated carbocycles. The Morgan fingerprint density at radius 2 is 2.47 bits per heavy atom. The maximum atomic E-state index is 5.63. The predicted octanol–water partition coefficient (Wildman–Crippen LogP) is 1.51. The van der Waals surface area contributed by atoms with Crippen molar-refractivity contribution >= 4 is 5.65 Å². The molecule has 0 aliphatic carbocycles. The third-order valence-corrected chi connectivity index (χ3v) is 3.27. The van der Waals surface area contributed by atoms with Crippen molar-refractivity contribution < 1.29 is 4.74 Å². The van der Waals surface area contributed by atoms with Crippen LogP contribution >= 0.6 is 0 Å². The van der Waals surface area contributed by atoms with Crippen LogP contribution in [0.25, 0.3) is 5.65 Å². The second-order valence-electron chi connectivity index (χ2n) is 4.58. The molecule has 90 valence electrons. The number of nitrogens with zero attached hydrogens (tertiary/aromatic N) is 2. The molecular formula is C13H17N3O. The van der Waals surface area contributed by atoms with Gasteiger partial charge in [0.2, 0.25) is 0 Å². The zero-order valence-electron chi connectivity index (χ0n) is 9.80. The lowest BCUT2D eigenvalue weighted by Gasteiger charge is -2.05. The average Bonchev–Trinajstić information content (AvgIpc) is 2.96. The van der Waals surface area contributed by atoms with Crippen molar-refractivity contribution in [1.29, 1.82) is 0 Å². The van der Waals surface area contributed by atoms with E-state index >= 15 is 0 Å². The highest BCUT2D eigenvalue weighted by molar-refractivity contribution is 5.43. The van der Waals surface area contributed by atoms with Crippen LogP contribution in [-0.2, 0) is 17.7 Å². The van der Waals surface area contributed by atoms with Crippen molar-refractivity contribution in [3.63, 3.8) is 0 Å². The molecule has 4 nitrogen and oxygen atoms in total. The number of nitrogens with two attached hydrogens (primary N) is 1. The summed E-state index contributed by atoms with van der Waals surface area (Å²) in [5.74, 6) is 0. The number of rotatable bonds is 3. The summed E-state index contributed by atoms with van der Waals surface area (Å²) >= 11 is 0. The summed E-state index contributed by atoms with van der Waals surface area (Å²) in [5, 5.41) is 0. The smallest absolute Gasteiger partial charge is 0.137 e. The van der Waals surface area contributed by atoms with E-state index in [9.17, 15) is 0 Å². The minimum atomic E-state index is 0.355. The van der Waals surface area contributed by atoms with Gasteiger partial charge in [0, 0.05) is 32.0 Å². The minimum Gasteiger partial charge on any atom is -0.378 e. The van der Waals surface area contributed by atoms with Gasteiger partial charge in [0.05, 0.1) is 11.8 Å². The van der Waals surface area contributed by atoms with Crippen LogP contribution < -0.4 is 5.73 Å². The fraction of sp³-hybridized carbons (Fsp3) is 0.462. The lowest BCUT2D eigenvalue weighted by atomic mass is 10.1. The van der Waals surface area contributed by atoms with Crippen molar-refractivity contribution in [2.24, 2.45) is 5.73 Å². The topological polar surface area (TPSA) is 52.5 Å². The molecule has 0 bridgehead atoms. The van der Waals surface area contributed by atoms with E-state index in [0.717, 1.165) is 36.4 Å². The van der Waals surface area contributed by atoms with Gasteiger partial charge >= 0.3 is 0 Å². The normalized spacial score (nSPS) is 20.2. The van der Waals surface area contributed by atoms with E-state index < -0.39 is 0 Å². The summed E-state index contributed by atoms with van der Waals surface area (Å²) in [6, 6.07) is 4.07. The number of fused-ring (bicyclic) bond motifs is 1. The first-order valence-electron chi connectivity index (χ1n) is 6.13. The van der Waals surface area contributed by atoms with Gasteiger partial charge in [0.1, 0.15) is 5.65 Å². The zero-order valence-corrected chi connectivity index (χ0v) is 9.80. The SMILES string of the molecule is NCc1ccn2cc(CC3CCCO3)nc2c1. The molecule has 1 aliphatic rings. The van der Waals surface area contributed by atoms with E-state index in [1.54, 1.807) is 0 Å². The third-order valence-electron chi connectivity index (χ3n) is 3.27. The van der Waals surface area contributed by atoms with Gasteiger partial charge in [0.25, 0.3) is 0 Å². The summed E-state index contributed by atoms with van der Waals surface area (Å²) < 4.78 is 7.67. The van der Waals surface area contributed by atoms with E-state index in [2.05, 4.69) is 11.2 Å². The lowest BCUT2D eigenvalue weighted by molar-refractivity contribution is 0.111. The molecule has 1 saturated heterocycles. The van der Waals surface area contributed by atoms with E-state index in [4.69, 9.17) is 10.5 Å². The van der Waals surface area contributed by atoms with Crippen molar-refractivity contribution in [3.8, 4) is 0 Å². The highest BCUT2D eigenvalue weighted by atomic mass is 16.5. The first kappa shape index (κ1) is 10.7. The number of hydrogen-bond acceptors (Lipinski definition) is 3. The Hall–Kier alpha value is -1.39. The molecule has 2 aromatic rings. The van der Waals surface area contributed by atoms with E-state index in [1.807, 2.05) is 22.7 Å². The van der Waals surface area contributed by atoms with Gasteiger partial charge < -0.3 is 14.9 Å². The van der Waals surface area contributed by atoms with Crippen molar-refractivity contribution in [3.05, 3.63) is 35.8 Å². The van der Waals surface area contributed by atoms with Crippen LogP contribution in [0.1, 0.15) is 24.1 Å². The number of hydrogen-bond donors (Lipinski definition) is 1. The molecule has 2 N–H and O–H groups in total. The Labute approximate surface area is 100 Å². The fourth-order valence-corrected chi connectivity index (χ4v) is 2.34. The average molecular weight is 231 g/mol. The van der Waals surface area contributed by atoms with Crippen LogP contribution in [0, 0.1) is 0 Å². The molecule has 3 heterocycles. The quantitative estimate of drug-likeness (QED) is 0.871. The van der Waals surface area contributed by atoms with Gasteiger partial charge in [-0.1, -0.05) is 0 Å². The highest BCUT2D eigenvalue weighted by Gasteiger charge is 2.17. The minimum absolute atomic E-state index is 0.355. The predicted molar refractivity (Wildman–Crippen MR) is 65.8 cm³/mol. The Morgan fingerprint density at radius 3 is 3.24 bits per heavy atom. The maximum Gasteiger partial charge on any atom is 0.137 e. The molecule has 1 atom stereocenters. The number of pyridine rings is 1. The van der Waals surface area contributed by atoms with Crippen LogP contribution in [0.2, 0.25) is 0 Å². The molecule has 0 aromatic carbocycles. The monoisotopic (exact) mass is 231 g/mol. The molecule has 2 aromatic heterocycles. The van der Waals surface area contributed by atoms with Gasteiger partial charge in [0.15, 0.2) is 0 Å². The Morgan fingerprint density at radius 1 is 1.53 bits per heavy atom. The summed E-state index contributed by atoms with van der Waals surface area (Å²) in [6.07, 6.45) is 7.70. The first-order valence-corrected chi connectivity index (χ1v) is 6.13. The molecule has 0 radical (unpaired) electrons. The summed E-state index contributed by atoms with van der Waals surface area (Å²) in [5.41, 5.74) is 8.82. The van der Waals surface area contributed by atoms with E-state index in [1.165, 1.54) is 6.42 Å². The molecule has 0 amide bonds.